The van der Waals surface area contributed by atoms with Crippen LogP contribution in [0, 0.1) is 0 Å². The van der Waals surface area contributed by atoms with Crippen LogP contribution in [0.4, 0.5) is 11.5 Å². The summed E-state index contributed by atoms with van der Waals surface area (Å²) in [6, 6.07) is 12.0. The fourth-order valence-corrected chi connectivity index (χ4v) is 3.68. The number of aromatic nitrogens is 1. The highest BCUT2D eigenvalue weighted by molar-refractivity contribution is 5.95. The van der Waals surface area contributed by atoms with E-state index in [2.05, 4.69) is 28.1 Å². The summed E-state index contributed by atoms with van der Waals surface area (Å²) in [5.41, 5.74) is 3.13. The van der Waals surface area contributed by atoms with Gasteiger partial charge >= 0.3 is 0 Å². The van der Waals surface area contributed by atoms with Crippen molar-refractivity contribution in [3.05, 3.63) is 53.7 Å². The maximum Gasteiger partial charge on any atom is 0.254 e. The van der Waals surface area contributed by atoms with E-state index < -0.39 is 0 Å². The van der Waals surface area contributed by atoms with Crippen LogP contribution in [0.1, 0.15) is 22.8 Å². The van der Waals surface area contributed by atoms with Crippen molar-refractivity contribution in [1.29, 1.82) is 0 Å². The predicted molar refractivity (Wildman–Crippen MR) is 99.5 cm³/mol. The van der Waals surface area contributed by atoms with E-state index in [0.29, 0.717) is 31.7 Å². The van der Waals surface area contributed by atoms with E-state index >= 15 is 0 Å². The standard InChI is InChI=1S/C20H22N4O2/c1-15(25)22-10-12-23(13-11-22)20(26)17-6-8-21-19(14-17)24-9-7-16-4-2-3-5-18(16)24/h2-6,8,14H,7,9-13H2,1H3. The van der Waals surface area contributed by atoms with E-state index in [1.807, 2.05) is 17.0 Å². The summed E-state index contributed by atoms with van der Waals surface area (Å²) in [6.07, 6.45) is 2.69. The van der Waals surface area contributed by atoms with Crippen LogP contribution in [0.25, 0.3) is 0 Å². The highest BCUT2D eigenvalue weighted by atomic mass is 16.2. The van der Waals surface area contributed by atoms with Crippen molar-refractivity contribution in [2.75, 3.05) is 37.6 Å². The molecule has 1 aromatic carbocycles. The number of nitrogens with zero attached hydrogens (tertiary/aromatic N) is 4. The molecule has 1 saturated heterocycles. The van der Waals surface area contributed by atoms with Gasteiger partial charge in [-0.3, -0.25) is 9.59 Å². The number of rotatable bonds is 2. The highest BCUT2D eigenvalue weighted by Crippen LogP contribution is 2.33. The van der Waals surface area contributed by atoms with E-state index in [1.54, 1.807) is 24.1 Å². The minimum Gasteiger partial charge on any atom is -0.339 e. The zero-order valence-electron chi connectivity index (χ0n) is 14.9. The molecule has 6 heteroatoms. The number of anilines is 2. The lowest BCUT2D eigenvalue weighted by Gasteiger charge is -2.34. The maximum absolute atomic E-state index is 12.9. The molecule has 1 fully saturated rings. The summed E-state index contributed by atoms with van der Waals surface area (Å²) < 4.78 is 0. The van der Waals surface area contributed by atoms with Gasteiger partial charge in [0.05, 0.1) is 0 Å². The number of fused-ring (bicyclic) bond motifs is 1. The summed E-state index contributed by atoms with van der Waals surface area (Å²) in [7, 11) is 0. The number of benzene rings is 1. The molecule has 0 radical (unpaired) electrons. The third-order valence-electron chi connectivity index (χ3n) is 5.17. The molecule has 0 atom stereocenters. The van der Waals surface area contributed by atoms with Gasteiger partial charge in [0.15, 0.2) is 0 Å². The first-order chi connectivity index (χ1) is 12.6. The van der Waals surface area contributed by atoms with Gasteiger partial charge < -0.3 is 14.7 Å². The van der Waals surface area contributed by atoms with Gasteiger partial charge in [0, 0.05) is 57.1 Å². The Morgan fingerprint density at radius 1 is 0.962 bits per heavy atom. The van der Waals surface area contributed by atoms with Crippen molar-refractivity contribution < 1.29 is 9.59 Å². The largest absolute Gasteiger partial charge is 0.339 e. The topological polar surface area (TPSA) is 56.8 Å². The lowest BCUT2D eigenvalue weighted by Crippen LogP contribution is -2.50. The Kier molecular flexibility index (Phi) is 4.32. The zero-order valence-corrected chi connectivity index (χ0v) is 14.9. The maximum atomic E-state index is 12.9. The van der Waals surface area contributed by atoms with Crippen molar-refractivity contribution in [2.45, 2.75) is 13.3 Å². The minimum atomic E-state index is 0.00401. The molecule has 0 unspecified atom stereocenters. The van der Waals surface area contributed by atoms with Crippen LogP contribution in [-0.4, -0.2) is 59.3 Å². The van der Waals surface area contributed by atoms with Crippen LogP contribution >= 0.6 is 0 Å². The number of carbonyl (C=O) groups is 2. The second-order valence-electron chi connectivity index (χ2n) is 6.73. The van der Waals surface area contributed by atoms with Crippen molar-refractivity contribution >= 4 is 23.3 Å². The van der Waals surface area contributed by atoms with Gasteiger partial charge in [0.1, 0.15) is 5.82 Å². The molecule has 2 aliphatic heterocycles. The molecule has 3 heterocycles. The Morgan fingerprint density at radius 2 is 1.69 bits per heavy atom. The van der Waals surface area contributed by atoms with Crippen LogP contribution in [-0.2, 0) is 11.2 Å². The molecule has 4 rings (SSSR count). The molecule has 6 nitrogen and oxygen atoms in total. The Hall–Kier alpha value is -2.89. The quantitative estimate of drug-likeness (QED) is 0.832. The van der Waals surface area contributed by atoms with Crippen molar-refractivity contribution in [3.63, 3.8) is 0 Å². The van der Waals surface area contributed by atoms with Crippen LogP contribution < -0.4 is 4.90 Å². The van der Waals surface area contributed by atoms with Crippen molar-refractivity contribution in [2.24, 2.45) is 0 Å². The van der Waals surface area contributed by atoms with Crippen LogP contribution in [0.15, 0.2) is 42.6 Å². The molecular weight excluding hydrogens is 328 g/mol. The third kappa shape index (κ3) is 3.03. The van der Waals surface area contributed by atoms with Gasteiger partial charge in [0.2, 0.25) is 5.91 Å². The van der Waals surface area contributed by atoms with Crippen LogP contribution in [0.3, 0.4) is 0 Å². The summed E-state index contributed by atoms with van der Waals surface area (Å²) in [5, 5.41) is 0. The first kappa shape index (κ1) is 16.6. The molecule has 0 aliphatic carbocycles. The Morgan fingerprint density at radius 3 is 2.46 bits per heavy atom. The number of pyridine rings is 1. The summed E-state index contributed by atoms with van der Waals surface area (Å²) in [4.78, 5) is 34.6. The second-order valence-corrected chi connectivity index (χ2v) is 6.73. The molecule has 0 spiro atoms. The smallest absolute Gasteiger partial charge is 0.254 e. The minimum absolute atomic E-state index is 0.00401. The van der Waals surface area contributed by atoms with E-state index in [4.69, 9.17) is 0 Å². The van der Waals surface area contributed by atoms with Gasteiger partial charge in [-0.05, 0) is 30.2 Å². The molecule has 134 valence electrons. The van der Waals surface area contributed by atoms with Crippen LogP contribution in [0.2, 0.25) is 0 Å². The van der Waals surface area contributed by atoms with E-state index in [9.17, 15) is 9.59 Å². The number of para-hydroxylation sites is 1. The third-order valence-corrected chi connectivity index (χ3v) is 5.17. The average molecular weight is 350 g/mol. The molecule has 0 N–H and O–H groups in total. The first-order valence-electron chi connectivity index (χ1n) is 9.00. The molecule has 26 heavy (non-hydrogen) atoms. The predicted octanol–water partition coefficient (Wildman–Crippen LogP) is 2.08. The SMILES string of the molecule is CC(=O)N1CCN(C(=O)c2ccnc(N3CCc4ccccc43)c2)CC1. The molecule has 2 aromatic rings. The summed E-state index contributed by atoms with van der Waals surface area (Å²) in [6.45, 7) is 4.78. The lowest BCUT2D eigenvalue weighted by atomic mass is 10.2. The molecule has 0 bridgehead atoms. The number of amides is 2. The normalized spacial score (nSPS) is 16.6. The van der Waals surface area contributed by atoms with E-state index in [1.165, 1.54) is 11.3 Å². The number of hydrogen-bond acceptors (Lipinski definition) is 4. The molecule has 2 aliphatic rings. The summed E-state index contributed by atoms with van der Waals surface area (Å²) >= 11 is 0. The average Bonchev–Trinajstić information content (AvgIpc) is 3.12. The van der Waals surface area contributed by atoms with Gasteiger partial charge in [0.25, 0.3) is 5.91 Å². The van der Waals surface area contributed by atoms with E-state index in [0.717, 1.165) is 18.8 Å². The fourth-order valence-electron chi connectivity index (χ4n) is 3.68. The molecule has 0 saturated carbocycles. The number of carbonyl (C=O) groups excluding carboxylic acids is 2. The molecule has 2 amide bonds. The van der Waals surface area contributed by atoms with Crippen molar-refractivity contribution in [1.82, 2.24) is 14.8 Å². The Bertz CT molecular complexity index is 843. The number of hydrogen-bond donors (Lipinski definition) is 0. The van der Waals surface area contributed by atoms with Crippen LogP contribution in [0.5, 0.6) is 0 Å². The molecular formula is C20H22N4O2. The van der Waals surface area contributed by atoms with E-state index in [-0.39, 0.29) is 11.8 Å². The zero-order chi connectivity index (χ0) is 18.1. The second kappa shape index (κ2) is 6.78. The highest BCUT2D eigenvalue weighted by Gasteiger charge is 2.25. The Labute approximate surface area is 153 Å². The lowest BCUT2D eigenvalue weighted by molar-refractivity contribution is -0.130. The Balaban J connectivity index is 1.52. The van der Waals surface area contributed by atoms with Gasteiger partial charge in [-0.1, -0.05) is 18.2 Å². The first-order valence-corrected chi connectivity index (χ1v) is 9.00. The van der Waals surface area contributed by atoms with Crippen molar-refractivity contribution in [3.8, 4) is 0 Å². The van der Waals surface area contributed by atoms with Gasteiger partial charge in [-0.25, -0.2) is 4.98 Å². The summed E-state index contributed by atoms with van der Waals surface area (Å²) in [5.74, 6) is 0.878. The monoisotopic (exact) mass is 350 g/mol. The fraction of sp³-hybridized carbons (Fsp3) is 0.350. The molecule has 1 aromatic heterocycles. The van der Waals surface area contributed by atoms with Gasteiger partial charge in [-0.2, -0.15) is 0 Å². The number of piperazine rings is 1. The van der Waals surface area contributed by atoms with Gasteiger partial charge in [-0.15, -0.1) is 0 Å².